The highest BCUT2D eigenvalue weighted by Gasteiger charge is 2.41. The summed E-state index contributed by atoms with van der Waals surface area (Å²) < 4.78 is 24.7. The van der Waals surface area contributed by atoms with Crippen LogP contribution < -0.4 is 9.47 Å². The van der Waals surface area contributed by atoms with Crippen LogP contribution in [0, 0.1) is 5.82 Å². The molecule has 1 atom stereocenters. The van der Waals surface area contributed by atoms with E-state index in [1.165, 1.54) is 13.2 Å². The van der Waals surface area contributed by atoms with E-state index >= 15 is 0 Å². The number of alkyl halides is 1. The van der Waals surface area contributed by atoms with Crippen LogP contribution >= 0.6 is 15.9 Å². The molecule has 2 nitrogen and oxygen atoms in total. The molecule has 0 radical (unpaired) electrons. The lowest BCUT2D eigenvalue weighted by Crippen LogP contribution is -2.14. The van der Waals surface area contributed by atoms with Crippen LogP contribution in [0.15, 0.2) is 6.07 Å². The van der Waals surface area contributed by atoms with Gasteiger partial charge in [0, 0.05) is 22.0 Å². The zero-order valence-electron chi connectivity index (χ0n) is 10.4. The molecule has 0 heterocycles. The monoisotopic (exact) mass is 302 g/mol. The van der Waals surface area contributed by atoms with Crippen molar-refractivity contribution in [2.45, 2.75) is 30.5 Å². The summed E-state index contributed by atoms with van der Waals surface area (Å²) in [6.07, 6.45) is 0.850. The first-order valence-electron chi connectivity index (χ1n) is 5.51. The Balaban J connectivity index is 2.76. The van der Waals surface area contributed by atoms with Gasteiger partial charge < -0.3 is 9.47 Å². The van der Waals surface area contributed by atoms with E-state index in [2.05, 4.69) is 15.9 Å². The van der Waals surface area contributed by atoms with Crippen molar-refractivity contribution in [3.8, 4) is 11.5 Å². The molecule has 1 aromatic rings. The van der Waals surface area contributed by atoms with Crippen molar-refractivity contribution in [2.24, 2.45) is 0 Å². The Morgan fingerprint density at radius 2 is 2.00 bits per heavy atom. The molecule has 0 N–H and O–H groups in total. The predicted molar refractivity (Wildman–Crippen MR) is 68.8 cm³/mol. The van der Waals surface area contributed by atoms with E-state index in [0.29, 0.717) is 11.5 Å². The van der Waals surface area contributed by atoms with Gasteiger partial charge in [-0.3, -0.25) is 0 Å². The van der Waals surface area contributed by atoms with E-state index in [-0.39, 0.29) is 16.1 Å². The van der Waals surface area contributed by atoms with Gasteiger partial charge in [-0.1, -0.05) is 29.8 Å². The fraction of sp³-hybridized carbons (Fsp3) is 0.538. The summed E-state index contributed by atoms with van der Waals surface area (Å²) in [5.41, 5.74) is 1.43. The third kappa shape index (κ3) is 1.82. The summed E-state index contributed by atoms with van der Waals surface area (Å²) in [4.78, 5) is 0.104. The average Bonchev–Trinajstić information content (AvgIpc) is 2.49. The number of rotatable bonds is 2. The Labute approximate surface area is 109 Å². The first-order valence-corrected chi connectivity index (χ1v) is 6.43. The fourth-order valence-electron chi connectivity index (χ4n) is 2.63. The van der Waals surface area contributed by atoms with Gasteiger partial charge in [-0.05, 0) is 11.8 Å². The quantitative estimate of drug-likeness (QED) is 0.770. The molecule has 0 spiro atoms. The van der Waals surface area contributed by atoms with Crippen LogP contribution in [0.2, 0.25) is 0 Å². The van der Waals surface area contributed by atoms with Gasteiger partial charge in [-0.2, -0.15) is 0 Å². The summed E-state index contributed by atoms with van der Waals surface area (Å²) in [6, 6.07) is 1.41. The van der Waals surface area contributed by atoms with E-state index in [4.69, 9.17) is 9.47 Å². The highest BCUT2D eigenvalue weighted by molar-refractivity contribution is 9.09. The number of halogens is 2. The Kier molecular flexibility index (Phi) is 3.10. The largest absolute Gasteiger partial charge is 0.493 e. The van der Waals surface area contributed by atoms with Crippen molar-refractivity contribution < 1.29 is 13.9 Å². The Morgan fingerprint density at radius 3 is 2.53 bits per heavy atom. The van der Waals surface area contributed by atoms with Crippen LogP contribution in [0.4, 0.5) is 4.39 Å². The number of hydrogen-bond donors (Lipinski definition) is 0. The molecule has 2 rings (SSSR count). The molecule has 0 saturated carbocycles. The molecule has 4 heteroatoms. The van der Waals surface area contributed by atoms with Gasteiger partial charge >= 0.3 is 0 Å². The number of ether oxygens (including phenoxy) is 2. The SMILES string of the molecule is COc1cc(F)c2c(c1OC)C(Br)CC2(C)C. The van der Waals surface area contributed by atoms with Gasteiger partial charge in [-0.25, -0.2) is 4.39 Å². The Morgan fingerprint density at radius 1 is 1.35 bits per heavy atom. The summed E-state index contributed by atoms with van der Waals surface area (Å²) in [6.45, 7) is 4.09. The maximum Gasteiger partial charge on any atom is 0.165 e. The van der Waals surface area contributed by atoms with E-state index in [9.17, 15) is 4.39 Å². The van der Waals surface area contributed by atoms with Crippen molar-refractivity contribution in [2.75, 3.05) is 14.2 Å². The van der Waals surface area contributed by atoms with Gasteiger partial charge in [0.05, 0.1) is 14.2 Å². The number of fused-ring (bicyclic) bond motifs is 1. The molecule has 0 amide bonds. The van der Waals surface area contributed by atoms with Crippen LogP contribution in [-0.2, 0) is 5.41 Å². The van der Waals surface area contributed by atoms with Crippen LogP contribution in [0.5, 0.6) is 11.5 Å². The highest BCUT2D eigenvalue weighted by atomic mass is 79.9. The normalized spacial score (nSPS) is 21.2. The maximum absolute atomic E-state index is 14.2. The molecule has 1 aliphatic carbocycles. The lowest BCUT2D eigenvalue weighted by atomic mass is 9.86. The van der Waals surface area contributed by atoms with Gasteiger partial charge in [0.15, 0.2) is 11.5 Å². The van der Waals surface area contributed by atoms with Gasteiger partial charge in [0.25, 0.3) is 0 Å². The molecule has 0 aliphatic heterocycles. The zero-order chi connectivity index (χ0) is 12.8. The maximum atomic E-state index is 14.2. The van der Waals surface area contributed by atoms with Gasteiger partial charge in [-0.15, -0.1) is 0 Å². The smallest absolute Gasteiger partial charge is 0.165 e. The van der Waals surface area contributed by atoms with Crippen molar-refractivity contribution in [1.82, 2.24) is 0 Å². The summed E-state index contributed by atoms with van der Waals surface area (Å²) in [7, 11) is 3.11. The second-order valence-corrected chi connectivity index (χ2v) is 6.04. The van der Waals surface area contributed by atoms with Crippen LogP contribution in [0.3, 0.4) is 0 Å². The molecule has 0 bridgehead atoms. The minimum Gasteiger partial charge on any atom is -0.493 e. The van der Waals surface area contributed by atoms with Crippen molar-refractivity contribution >= 4 is 15.9 Å². The third-order valence-corrected chi connectivity index (χ3v) is 4.12. The average molecular weight is 303 g/mol. The lowest BCUT2D eigenvalue weighted by Gasteiger charge is -2.20. The topological polar surface area (TPSA) is 18.5 Å². The predicted octanol–water partition coefficient (Wildman–Crippen LogP) is 3.96. The zero-order valence-corrected chi connectivity index (χ0v) is 12.0. The molecule has 17 heavy (non-hydrogen) atoms. The van der Waals surface area contributed by atoms with Gasteiger partial charge in [0.1, 0.15) is 5.82 Å². The van der Waals surface area contributed by atoms with Crippen molar-refractivity contribution in [3.05, 3.63) is 23.0 Å². The van der Waals surface area contributed by atoms with E-state index < -0.39 is 0 Å². The number of benzene rings is 1. The Bertz CT molecular complexity index is 457. The van der Waals surface area contributed by atoms with Crippen molar-refractivity contribution in [1.29, 1.82) is 0 Å². The fourth-order valence-corrected chi connectivity index (χ4v) is 3.87. The third-order valence-electron chi connectivity index (χ3n) is 3.34. The molecule has 0 fully saturated rings. The van der Waals surface area contributed by atoms with E-state index in [1.807, 2.05) is 13.8 Å². The van der Waals surface area contributed by atoms with Crippen LogP contribution in [0.1, 0.15) is 36.2 Å². The molecular formula is C13H16BrFO2. The summed E-state index contributed by atoms with van der Waals surface area (Å²) >= 11 is 3.60. The molecule has 1 aromatic carbocycles. The second kappa shape index (κ2) is 4.16. The first kappa shape index (κ1) is 12.7. The standard InChI is InChI=1S/C13H16BrFO2/c1-13(2)6-7(14)10-11(13)8(15)5-9(16-3)12(10)17-4/h5,7H,6H2,1-4H3. The molecule has 0 saturated heterocycles. The summed E-state index contributed by atoms with van der Waals surface area (Å²) in [5.74, 6) is 0.867. The lowest BCUT2D eigenvalue weighted by molar-refractivity contribution is 0.349. The van der Waals surface area contributed by atoms with Crippen LogP contribution in [0.25, 0.3) is 0 Å². The molecule has 1 aliphatic rings. The Hall–Kier alpha value is -0.770. The molecule has 94 valence electrons. The van der Waals surface area contributed by atoms with Gasteiger partial charge in [0.2, 0.25) is 0 Å². The first-order chi connectivity index (χ1) is 7.92. The highest BCUT2D eigenvalue weighted by Crippen LogP contribution is 2.55. The number of methoxy groups -OCH3 is 2. The molecule has 1 unspecified atom stereocenters. The minimum absolute atomic E-state index is 0.104. The minimum atomic E-state index is -0.218. The second-order valence-electron chi connectivity index (χ2n) is 4.94. The van der Waals surface area contributed by atoms with Crippen LogP contribution in [-0.4, -0.2) is 14.2 Å². The van der Waals surface area contributed by atoms with E-state index in [1.54, 1.807) is 7.11 Å². The summed E-state index contributed by atoms with van der Waals surface area (Å²) in [5, 5.41) is 0. The number of hydrogen-bond acceptors (Lipinski definition) is 2. The molecular weight excluding hydrogens is 287 g/mol. The van der Waals surface area contributed by atoms with Crippen molar-refractivity contribution in [3.63, 3.8) is 0 Å². The van der Waals surface area contributed by atoms with E-state index in [0.717, 1.165) is 17.5 Å². The molecule has 0 aromatic heterocycles.